The molecule has 1 heterocycles. The van der Waals surface area contributed by atoms with Crippen molar-refractivity contribution in [3.8, 4) is 0 Å². The van der Waals surface area contributed by atoms with E-state index in [1.165, 1.54) is 0 Å². The maximum atomic E-state index is 11.6. The van der Waals surface area contributed by atoms with Crippen molar-refractivity contribution < 1.29 is 30.0 Å². The van der Waals surface area contributed by atoms with Crippen LogP contribution in [0.25, 0.3) is 0 Å². The predicted octanol–water partition coefficient (Wildman–Crippen LogP) is -2.28. The van der Waals surface area contributed by atoms with Crippen LogP contribution in [-0.2, 0) is 0 Å². The number of halogens is 3. The molecule has 0 spiro atoms. The van der Waals surface area contributed by atoms with Crippen molar-refractivity contribution in [3.05, 3.63) is 0 Å². The van der Waals surface area contributed by atoms with Gasteiger partial charge in [-0.05, 0) is 0 Å². The molecule has 3 heteroatoms. The Hall–Kier alpha value is 0.590. The monoisotopic (exact) mass is 205 g/mol. The Morgan fingerprint density at radius 3 is 1.67 bits per heavy atom. The molecule has 0 aliphatic carbocycles. The Labute approximate surface area is 45.2 Å². The predicted molar refractivity (Wildman–Crippen MR) is 14.7 cm³/mol. The van der Waals surface area contributed by atoms with E-state index in [-0.39, 0.29) is 30.1 Å². The van der Waals surface area contributed by atoms with Crippen molar-refractivity contribution >= 4 is 0 Å². The van der Waals surface area contributed by atoms with E-state index in [1.807, 2.05) is 0 Å². The summed E-state index contributed by atoms with van der Waals surface area (Å²) < 4.78 is 23.6. The second kappa shape index (κ2) is 1.28. The van der Waals surface area contributed by atoms with Crippen LogP contribution in [0.5, 0.6) is 0 Å². The SMILES string of the molecule is FC1(F)C[I-]C1. The number of rotatable bonds is 0. The summed E-state index contributed by atoms with van der Waals surface area (Å²) in [6.45, 7) is 0. The van der Waals surface area contributed by atoms with Crippen molar-refractivity contribution in [3.63, 3.8) is 0 Å². The molecular formula is C3H4F2I-. The van der Waals surface area contributed by atoms with Gasteiger partial charge in [0.1, 0.15) is 0 Å². The Bertz CT molecular complexity index is 55.8. The van der Waals surface area contributed by atoms with Gasteiger partial charge in [-0.25, -0.2) is 0 Å². The molecule has 0 saturated carbocycles. The van der Waals surface area contributed by atoms with Crippen molar-refractivity contribution in [1.82, 2.24) is 0 Å². The summed E-state index contributed by atoms with van der Waals surface area (Å²) in [5.41, 5.74) is 0. The van der Waals surface area contributed by atoms with Crippen LogP contribution in [-0.4, -0.2) is 14.8 Å². The maximum absolute atomic E-state index is 11.6. The molecule has 1 aliphatic rings. The topological polar surface area (TPSA) is 0 Å². The van der Waals surface area contributed by atoms with Gasteiger partial charge in [0.15, 0.2) is 0 Å². The van der Waals surface area contributed by atoms with Gasteiger partial charge in [-0.2, -0.15) is 0 Å². The fourth-order valence-corrected chi connectivity index (χ4v) is 1.59. The number of alkyl halides is 4. The summed E-state index contributed by atoms with van der Waals surface area (Å²) in [5.74, 6) is -2.23. The summed E-state index contributed by atoms with van der Waals surface area (Å²) in [4.78, 5) is 0. The first kappa shape index (κ1) is 4.74. The van der Waals surface area contributed by atoms with Crippen LogP contribution in [0.3, 0.4) is 0 Å². The molecule has 0 unspecified atom stereocenters. The molecule has 1 aliphatic heterocycles. The molecule has 1 fully saturated rings. The first-order valence-electron chi connectivity index (χ1n) is 1.62. The molecular weight excluding hydrogens is 201 g/mol. The molecule has 6 heavy (non-hydrogen) atoms. The number of hydrogen-bond donors (Lipinski definition) is 0. The van der Waals surface area contributed by atoms with E-state index in [0.717, 1.165) is 0 Å². The van der Waals surface area contributed by atoms with E-state index in [1.54, 1.807) is 0 Å². The van der Waals surface area contributed by atoms with E-state index in [4.69, 9.17) is 0 Å². The van der Waals surface area contributed by atoms with E-state index in [2.05, 4.69) is 0 Å². The minimum absolute atomic E-state index is 0.0486. The van der Waals surface area contributed by atoms with Crippen LogP contribution < -0.4 is 21.2 Å². The van der Waals surface area contributed by atoms with E-state index >= 15 is 0 Å². The zero-order valence-corrected chi connectivity index (χ0v) is 5.21. The summed E-state index contributed by atoms with van der Waals surface area (Å²) in [5, 5.41) is 0. The molecule has 0 aromatic rings. The zero-order chi connectivity index (χ0) is 4.62. The fourth-order valence-electron chi connectivity index (χ4n) is 0.237. The van der Waals surface area contributed by atoms with Crippen molar-refractivity contribution in [2.24, 2.45) is 0 Å². The first-order chi connectivity index (χ1) is 2.71. The quantitative estimate of drug-likeness (QED) is 0.309. The second-order valence-corrected chi connectivity index (χ2v) is 3.92. The van der Waals surface area contributed by atoms with E-state index < -0.39 is 5.92 Å². The zero-order valence-electron chi connectivity index (χ0n) is 3.05. The molecule has 1 saturated heterocycles. The van der Waals surface area contributed by atoms with Gasteiger partial charge in [0.2, 0.25) is 0 Å². The molecule has 0 amide bonds. The van der Waals surface area contributed by atoms with E-state index in [9.17, 15) is 8.78 Å². The van der Waals surface area contributed by atoms with Crippen LogP contribution in [0.4, 0.5) is 8.78 Å². The summed E-state index contributed by atoms with van der Waals surface area (Å²) in [6, 6.07) is 0. The Kier molecular flexibility index (Phi) is 1.01. The van der Waals surface area contributed by atoms with Crippen LogP contribution >= 0.6 is 0 Å². The molecule has 0 N–H and O–H groups in total. The molecule has 0 nitrogen and oxygen atoms in total. The van der Waals surface area contributed by atoms with Gasteiger partial charge >= 0.3 is 44.8 Å². The summed E-state index contributed by atoms with van der Waals surface area (Å²) in [6.07, 6.45) is 0. The van der Waals surface area contributed by atoms with E-state index in [0.29, 0.717) is 0 Å². The molecule has 0 bridgehead atoms. The molecule has 0 radical (unpaired) electrons. The van der Waals surface area contributed by atoms with Gasteiger partial charge in [0, 0.05) is 0 Å². The minimum atomic E-state index is -2.23. The Morgan fingerprint density at radius 1 is 1.33 bits per heavy atom. The van der Waals surface area contributed by atoms with Crippen LogP contribution in [0.2, 0.25) is 0 Å². The third-order valence-corrected chi connectivity index (χ3v) is 3.89. The van der Waals surface area contributed by atoms with Crippen LogP contribution in [0, 0.1) is 0 Å². The van der Waals surface area contributed by atoms with Crippen molar-refractivity contribution in [2.75, 3.05) is 8.86 Å². The molecule has 0 aromatic heterocycles. The molecule has 1 rings (SSSR count). The standard InChI is InChI=1S/C3H4F2I/c4-3(5)1-6-2-3/h1-2H2/q-1. The molecule has 38 valence electrons. The summed E-state index contributed by atoms with van der Waals surface area (Å²) in [7, 11) is 0. The average Bonchev–Trinajstić information content (AvgIpc) is 1.32. The number of hydrogen-bond acceptors (Lipinski definition) is 0. The third-order valence-electron chi connectivity index (χ3n) is 0.580. The summed E-state index contributed by atoms with van der Waals surface area (Å²) >= 11 is -0.0486. The first-order valence-corrected chi connectivity index (χ1v) is 4.67. The van der Waals surface area contributed by atoms with Crippen LogP contribution in [0.1, 0.15) is 0 Å². The van der Waals surface area contributed by atoms with Gasteiger partial charge < -0.3 is 0 Å². The normalized spacial score (nSPS) is 30.3. The average molecular weight is 205 g/mol. The molecule has 0 atom stereocenters. The van der Waals surface area contributed by atoms with Crippen molar-refractivity contribution in [2.45, 2.75) is 5.92 Å². The molecule has 0 aromatic carbocycles. The second-order valence-electron chi connectivity index (χ2n) is 1.31. The Balaban J connectivity index is 2.31. The Morgan fingerprint density at radius 2 is 1.67 bits per heavy atom. The van der Waals surface area contributed by atoms with Crippen LogP contribution in [0.15, 0.2) is 0 Å². The van der Waals surface area contributed by atoms with Gasteiger partial charge in [-0.15, -0.1) is 0 Å². The van der Waals surface area contributed by atoms with Gasteiger partial charge in [-0.3, -0.25) is 0 Å². The van der Waals surface area contributed by atoms with Crippen molar-refractivity contribution in [1.29, 1.82) is 0 Å². The van der Waals surface area contributed by atoms with Gasteiger partial charge in [0.05, 0.1) is 0 Å². The van der Waals surface area contributed by atoms with Gasteiger partial charge in [0.25, 0.3) is 0 Å². The fraction of sp³-hybridized carbons (Fsp3) is 1.00. The van der Waals surface area contributed by atoms with Gasteiger partial charge in [-0.1, -0.05) is 0 Å². The third kappa shape index (κ3) is 0.802.